The van der Waals surface area contributed by atoms with E-state index in [4.69, 9.17) is 9.47 Å². The second-order valence-corrected chi connectivity index (χ2v) is 9.73. The van der Waals surface area contributed by atoms with Crippen LogP contribution in [-0.4, -0.2) is 12.5 Å². The molecule has 0 N–H and O–H groups in total. The SMILES string of the molecule is COc1cccc(C2=C(C(C)(C)C)C(C)(C)C(OCc3ccccc3)S2)c1. The molecule has 0 bridgehead atoms. The molecule has 2 aromatic carbocycles. The summed E-state index contributed by atoms with van der Waals surface area (Å²) in [6.45, 7) is 12.1. The molecule has 0 aliphatic carbocycles. The molecule has 0 fully saturated rings. The van der Waals surface area contributed by atoms with Gasteiger partial charge in [-0.25, -0.2) is 0 Å². The molecule has 3 heteroatoms. The van der Waals surface area contributed by atoms with Crippen LogP contribution in [0.5, 0.6) is 5.75 Å². The maximum absolute atomic E-state index is 6.43. The van der Waals surface area contributed by atoms with Crippen LogP contribution in [0.25, 0.3) is 4.91 Å². The number of benzene rings is 2. The third-order valence-corrected chi connectivity index (χ3v) is 6.63. The molecule has 1 atom stereocenters. The van der Waals surface area contributed by atoms with E-state index < -0.39 is 0 Å². The fourth-order valence-corrected chi connectivity index (χ4v) is 5.71. The highest BCUT2D eigenvalue weighted by Gasteiger charge is 2.47. The van der Waals surface area contributed by atoms with E-state index in [0.29, 0.717) is 6.61 Å². The van der Waals surface area contributed by atoms with Gasteiger partial charge in [-0.2, -0.15) is 0 Å². The van der Waals surface area contributed by atoms with Crippen molar-refractivity contribution in [3.63, 3.8) is 0 Å². The number of hydrogen-bond acceptors (Lipinski definition) is 3. The van der Waals surface area contributed by atoms with Crippen molar-refractivity contribution in [2.75, 3.05) is 7.11 Å². The van der Waals surface area contributed by atoms with Gasteiger partial charge in [-0.05, 0) is 34.2 Å². The van der Waals surface area contributed by atoms with Crippen molar-refractivity contribution in [3.05, 3.63) is 71.3 Å². The highest BCUT2D eigenvalue weighted by molar-refractivity contribution is 8.09. The lowest BCUT2D eigenvalue weighted by Crippen LogP contribution is -2.32. The van der Waals surface area contributed by atoms with Gasteiger partial charge in [-0.3, -0.25) is 0 Å². The van der Waals surface area contributed by atoms with Crippen LogP contribution in [0.15, 0.2) is 60.2 Å². The topological polar surface area (TPSA) is 18.5 Å². The quantitative estimate of drug-likeness (QED) is 0.568. The van der Waals surface area contributed by atoms with Crippen LogP contribution < -0.4 is 4.74 Å². The zero-order valence-electron chi connectivity index (χ0n) is 17.2. The molecule has 0 amide bonds. The molecule has 2 aromatic rings. The minimum Gasteiger partial charge on any atom is -0.497 e. The molecule has 1 aliphatic heterocycles. The lowest BCUT2D eigenvalue weighted by molar-refractivity contribution is 0.0370. The van der Waals surface area contributed by atoms with Gasteiger partial charge in [0.2, 0.25) is 0 Å². The van der Waals surface area contributed by atoms with Crippen LogP contribution in [0.4, 0.5) is 0 Å². The van der Waals surface area contributed by atoms with Gasteiger partial charge in [0.1, 0.15) is 11.2 Å². The smallest absolute Gasteiger partial charge is 0.119 e. The van der Waals surface area contributed by atoms with E-state index in [1.165, 1.54) is 21.6 Å². The second kappa shape index (κ2) is 7.73. The summed E-state index contributed by atoms with van der Waals surface area (Å²) >= 11 is 1.85. The molecule has 144 valence electrons. The number of ether oxygens (including phenoxy) is 2. The van der Waals surface area contributed by atoms with E-state index in [1.807, 2.05) is 23.9 Å². The van der Waals surface area contributed by atoms with E-state index in [-0.39, 0.29) is 16.3 Å². The Labute approximate surface area is 168 Å². The Morgan fingerprint density at radius 1 is 1.00 bits per heavy atom. The van der Waals surface area contributed by atoms with Crippen LogP contribution in [-0.2, 0) is 11.3 Å². The molecule has 1 heterocycles. The van der Waals surface area contributed by atoms with E-state index >= 15 is 0 Å². The lowest BCUT2D eigenvalue weighted by atomic mass is 9.70. The third kappa shape index (κ3) is 4.25. The first kappa shape index (κ1) is 20.0. The van der Waals surface area contributed by atoms with Crippen molar-refractivity contribution < 1.29 is 9.47 Å². The summed E-state index contributed by atoms with van der Waals surface area (Å²) in [5.41, 5.74) is 3.94. The molecule has 0 saturated heterocycles. The van der Waals surface area contributed by atoms with Crippen molar-refractivity contribution in [2.45, 2.75) is 46.7 Å². The maximum atomic E-state index is 6.43. The van der Waals surface area contributed by atoms with Gasteiger partial charge in [0.15, 0.2) is 0 Å². The van der Waals surface area contributed by atoms with Gasteiger partial charge in [-0.15, -0.1) is 0 Å². The van der Waals surface area contributed by atoms with Gasteiger partial charge in [0.05, 0.1) is 13.7 Å². The van der Waals surface area contributed by atoms with E-state index in [0.717, 1.165) is 5.75 Å². The van der Waals surface area contributed by atoms with Crippen LogP contribution in [0.1, 0.15) is 45.7 Å². The minimum atomic E-state index is -0.0594. The average Bonchev–Trinajstić information content (AvgIpc) is 2.91. The Morgan fingerprint density at radius 2 is 1.70 bits per heavy atom. The largest absolute Gasteiger partial charge is 0.497 e. The summed E-state index contributed by atoms with van der Waals surface area (Å²) in [6, 6.07) is 18.8. The molecular weight excluding hydrogens is 352 g/mol. The predicted octanol–water partition coefficient (Wildman–Crippen LogP) is 6.77. The summed E-state index contributed by atoms with van der Waals surface area (Å²) in [4.78, 5) is 1.32. The van der Waals surface area contributed by atoms with E-state index in [9.17, 15) is 0 Å². The van der Waals surface area contributed by atoms with Crippen LogP contribution >= 0.6 is 11.8 Å². The molecule has 1 unspecified atom stereocenters. The molecule has 0 spiro atoms. The number of hydrogen-bond donors (Lipinski definition) is 0. The second-order valence-electron chi connectivity index (χ2n) is 8.65. The highest BCUT2D eigenvalue weighted by atomic mass is 32.2. The zero-order chi connectivity index (χ0) is 19.7. The van der Waals surface area contributed by atoms with Crippen molar-refractivity contribution in [1.29, 1.82) is 0 Å². The summed E-state index contributed by atoms with van der Waals surface area (Å²) in [6.07, 6.45) is 0. The first-order chi connectivity index (χ1) is 12.7. The Morgan fingerprint density at radius 3 is 2.33 bits per heavy atom. The lowest BCUT2D eigenvalue weighted by Gasteiger charge is -2.36. The van der Waals surface area contributed by atoms with Gasteiger partial charge in [0.25, 0.3) is 0 Å². The first-order valence-electron chi connectivity index (χ1n) is 9.45. The molecule has 2 nitrogen and oxygen atoms in total. The Balaban J connectivity index is 1.94. The maximum Gasteiger partial charge on any atom is 0.119 e. The third-order valence-electron chi connectivity index (χ3n) is 5.01. The first-order valence-corrected chi connectivity index (χ1v) is 10.3. The van der Waals surface area contributed by atoms with Crippen molar-refractivity contribution in [1.82, 2.24) is 0 Å². The minimum absolute atomic E-state index is 0.0553. The van der Waals surface area contributed by atoms with E-state index in [2.05, 4.69) is 77.1 Å². The molecule has 1 aliphatic rings. The van der Waals surface area contributed by atoms with E-state index in [1.54, 1.807) is 7.11 Å². The molecule has 3 rings (SSSR count). The summed E-state index contributed by atoms with van der Waals surface area (Å²) in [5.74, 6) is 0.889. The molecule has 0 aromatic heterocycles. The molecule has 0 radical (unpaired) electrons. The number of rotatable bonds is 5. The van der Waals surface area contributed by atoms with Crippen LogP contribution in [0, 0.1) is 10.8 Å². The summed E-state index contributed by atoms with van der Waals surface area (Å²) in [5, 5.41) is 0. The summed E-state index contributed by atoms with van der Waals surface area (Å²) in [7, 11) is 1.72. The Kier molecular flexibility index (Phi) is 5.73. The molecular formula is C24H30O2S. The number of thioether (sulfide) groups is 1. The van der Waals surface area contributed by atoms with Gasteiger partial charge in [0, 0.05) is 10.3 Å². The Hall–Kier alpha value is -1.71. The van der Waals surface area contributed by atoms with Gasteiger partial charge >= 0.3 is 0 Å². The average molecular weight is 383 g/mol. The summed E-state index contributed by atoms with van der Waals surface area (Å²) < 4.78 is 11.9. The number of methoxy groups -OCH3 is 1. The highest BCUT2D eigenvalue weighted by Crippen LogP contribution is 2.60. The fraction of sp³-hybridized carbons (Fsp3) is 0.417. The monoisotopic (exact) mass is 382 g/mol. The zero-order valence-corrected chi connectivity index (χ0v) is 18.0. The predicted molar refractivity (Wildman–Crippen MR) is 116 cm³/mol. The van der Waals surface area contributed by atoms with Crippen LogP contribution in [0.3, 0.4) is 0 Å². The standard InChI is InChI=1S/C24H30O2S/c1-23(2,3)21-20(18-13-10-14-19(15-18)25-6)27-22(24(21,4)5)26-16-17-11-8-7-9-12-17/h7-15,22H,16H2,1-6H3. The normalized spacial score (nSPS) is 19.4. The van der Waals surface area contributed by atoms with Gasteiger partial charge < -0.3 is 9.47 Å². The Bertz CT molecular complexity index is 816. The molecule has 27 heavy (non-hydrogen) atoms. The molecule has 0 saturated carbocycles. The van der Waals surface area contributed by atoms with Crippen LogP contribution in [0.2, 0.25) is 0 Å². The van der Waals surface area contributed by atoms with Crippen molar-refractivity contribution in [2.24, 2.45) is 10.8 Å². The fourth-order valence-electron chi connectivity index (χ4n) is 4.00. The van der Waals surface area contributed by atoms with Crippen molar-refractivity contribution in [3.8, 4) is 5.75 Å². The van der Waals surface area contributed by atoms with Crippen molar-refractivity contribution >= 4 is 16.7 Å². The van der Waals surface area contributed by atoms with Gasteiger partial charge in [-0.1, -0.05) is 88.8 Å².